The fourth-order valence-corrected chi connectivity index (χ4v) is 5.44. The Labute approximate surface area is 241 Å². The molecular formula is C33H39N7O. The van der Waals surface area contributed by atoms with Crippen molar-refractivity contribution in [1.82, 2.24) is 34.3 Å². The van der Waals surface area contributed by atoms with Gasteiger partial charge < -0.3 is 4.74 Å². The number of methoxy groups -OCH3 is 1. The van der Waals surface area contributed by atoms with Crippen LogP contribution in [0.3, 0.4) is 0 Å². The van der Waals surface area contributed by atoms with Gasteiger partial charge in [-0.25, -0.2) is 9.67 Å². The molecule has 0 bridgehead atoms. The Hall–Kier alpha value is -4.30. The van der Waals surface area contributed by atoms with Crippen LogP contribution in [0.4, 0.5) is 0 Å². The zero-order chi connectivity index (χ0) is 29.4. The number of nitrogens with zero attached hydrogens (tertiary/aromatic N) is 7. The summed E-state index contributed by atoms with van der Waals surface area (Å²) in [5.74, 6) is 0.482. The maximum absolute atomic E-state index is 5.73. The van der Waals surface area contributed by atoms with Crippen LogP contribution in [-0.4, -0.2) is 41.4 Å². The second-order valence-corrected chi connectivity index (χ2v) is 11.1. The molecule has 4 aromatic heterocycles. The Morgan fingerprint density at radius 2 is 1.88 bits per heavy atom. The smallest absolute Gasteiger partial charge is 0.181 e. The van der Waals surface area contributed by atoms with Crippen LogP contribution in [0, 0.1) is 12.8 Å². The van der Waals surface area contributed by atoms with Gasteiger partial charge in [0, 0.05) is 66.6 Å². The number of ether oxygens (including phenoxy) is 1. The third-order valence-corrected chi connectivity index (χ3v) is 7.72. The fourth-order valence-electron chi connectivity index (χ4n) is 5.44. The molecule has 8 nitrogen and oxygen atoms in total. The lowest BCUT2D eigenvalue weighted by molar-refractivity contribution is 0.116. The maximum atomic E-state index is 5.73. The van der Waals surface area contributed by atoms with E-state index in [0.29, 0.717) is 5.65 Å². The number of aromatic nitrogens is 7. The zero-order valence-corrected chi connectivity index (χ0v) is 25.1. The molecule has 1 aromatic carbocycles. The van der Waals surface area contributed by atoms with E-state index in [-0.39, 0.29) is 17.9 Å². The highest BCUT2D eigenvalue weighted by Crippen LogP contribution is 2.37. The summed E-state index contributed by atoms with van der Waals surface area (Å²) in [6, 6.07) is 8.37. The molecule has 0 fully saturated rings. The van der Waals surface area contributed by atoms with Gasteiger partial charge in [-0.2, -0.15) is 15.3 Å². The van der Waals surface area contributed by atoms with Crippen molar-refractivity contribution < 1.29 is 4.74 Å². The number of rotatable bonds is 10. The minimum Gasteiger partial charge on any atom is -0.375 e. The monoisotopic (exact) mass is 549 g/mol. The van der Waals surface area contributed by atoms with Crippen LogP contribution in [-0.2, 0) is 18.3 Å². The van der Waals surface area contributed by atoms with Gasteiger partial charge in [0.1, 0.15) is 0 Å². The number of pyridine rings is 1. The average molecular weight is 550 g/mol. The van der Waals surface area contributed by atoms with Crippen molar-refractivity contribution in [2.24, 2.45) is 13.0 Å². The number of benzene rings is 1. The van der Waals surface area contributed by atoms with Gasteiger partial charge in [0.2, 0.25) is 0 Å². The molecule has 0 saturated carbocycles. The summed E-state index contributed by atoms with van der Waals surface area (Å²) in [4.78, 5) is 4.91. The van der Waals surface area contributed by atoms with E-state index in [1.165, 1.54) is 5.56 Å². The Kier molecular flexibility index (Phi) is 7.78. The molecular weight excluding hydrogens is 510 g/mol. The van der Waals surface area contributed by atoms with E-state index >= 15 is 0 Å². The first-order chi connectivity index (χ1) is 19.6. The molecule has 0 aliphatic heterocycles. The molecule has 0 N–H and O–H groups in total. The van der Waals surface area contributed by atoms with E-state index in [4.69, 9.17) is 19.9 Å². The summed E-state index contributed by atoms with van der Waals surface area (Å²) in [6.45, 7) is 19.4. The molecule has 2 atom stereocenters. The van der Waals surface area contributed by atoms with Crippen LogP contribution in [0.15, 0.2) is 73.6 Å². The summed E-state index contributed by atoms with van der Waals surface area (Å²) in [7, 11) is 3.61. The molecule has 0 radical (unpaired) electrons. The number of hydrogen-bond acceptors (Lipinski definition) is 5. The summed E-state index contributed by atoms with van der Waals surface area (Å²) >= 11 is 0. The Balaban J connectivity index is 1.65. The number of aryl methyl sites for hydroxylation is 1. The summed E-state index contributed by atoms with van der Waals surface area (Å²) in [5.41, 5.74) is 8.67. The highest BCUT2D eigenvalue weighted by Gasteiger charge is 2.25. The van der Waals surface area contributed by atoms with E-state index in [1.807, 2.05) is 41.7 Å². The van der Waals surface area contributed by atoms with Crippen LogP contribution in [0.2, 0.25) is 0 Å². The number of hydrogen-bond donors (Lipinski definition) is 0. The van der Waals surface area contributed by atoms with Crippen LogP contribution in [0.1, 0.15) is 56.7 Å². The van der Waals surface area contributed by atoms with Gasteiger partial charge in [-0.15, -0.1) is 0 Å². The van der Waals surface area contributed by atoms with Crippen molar-refractivity contribution in [2.45, 2.75) is 53.2 Å². The standard InChI is InChI=1S/C33H39N7O/c1-10-11-13-21(4)22(5)17-39-19-27-26(14-12-15-28(27)35-39)32-30(20(2)3)23(6)40(36-32)29-16-25-18-38(8)37-33(25)34-31(29)24(7)41-9/h10-16,18-20,22,24H,1,4,17H2,2-3,5-9H3/b13-11-/t22-,24?/m0/s1. The second-order valence-electron chi connectivity index (χ2n) is 11.1. The molecule has 8 heteroatoms. The van der Waals surface area contributed by atoms with Crippen molar-refractivity contribution in [3.05, 3.63) is 90.6 Å². The SMILES string of the molecule is C=C/C=C\C(=C)[C@@H](C)Cn1cc2c(-c3nn(-c4cc5cn(C)nc5nc4C(C)OC)c(C)c3C(C)C)cccc2n1. The van der Waals surface area contributed by atoms with E-state index in [9.17, 15) is 0 Å². The molecule has 212 valence electrons. The Morgan fingerprint density at radius 1 is 1.10 bits per heavy atom. The van der Waals surface area contributed by atoms with Crippen LogP contribution < -0.4 is 0 Å². The van der Waals surface area contributed by atoms with E-state index in [2.05, 4.69) is 76.4 Å². The number of allylic oxidation sites excluding steroid dienone is 4. The molecule has 41 heavy (non-hydrogen) atoms. The van der Waals surface area contributed by atoms with Crippen molar-refractivity contribution in [2.75, 3.05) is 7.11 Å². The molecule has 0 spiro atoms. The predicted octanol–water partition coefficient (Wildman–Crippen LogP) is 7.24. The molecule has 5 rings (SSSR count). The quantitative estimate of drug-likeness (QED) is 0.172. The fraction of sp³-hybridized carbons (Fsp3) is 0.333. The zero-order valence-electron chi connectivity index (χ0n) is 25.1. The van der Waals surface area contributed by atoms with E-state index < -0.39 is 0 Å². The highest BCUT2D eigenvalue weighted by atomic mass is 16.5. The van der Waals surface area contributed by atoms with Gasteiger partial charge in [-0.3, -0.25) is 9.36 Å². The molecule has 0 saturated heterocycles. The molecule has 0 amide bonds. The molecule has 0 aliphatic rings. The van der Waals surface area contributed by atoms with Gasteiger partial charge in [0.25, 0.3) is 0 Å². The van der Waals surface area contributed by atoms with Gasteiger partial charge in [-0.1, -0.05) is 69.9 Å². The first-order valence-corrected chi connectivity index (χ1v) is 14.0. The van der Waals surface area contributed by atoms with E-state index in [1.54, 1.807) is 17.9 Å². The first-order valence-electron chi connectivity index (χ1n) is 14.0. The van der Waals surface area contributed by atoms with Crippen molar-refractivity contribution in [3.8, 4) is 16.9 Å². The summed E-state index contributed by atoms with van der Waals surface area (Å²) in [6.07, 6.45) is 9.57. The maximum Gasteiger partial charge on any atom is 0.181 e. The highest BCUT2D eigenvalue weighted by molar-refractivity contribution is 5.94. The van der Waals surface area contributed by atoms with Gasteiger partial charge in [0.15, 0.2) is 5.65 Å². The van der Waals surface area contributed by atoms with Gasteiger partial charge in [0.05, 0.1) is 28.7 Å². The Morgan fingerprint density at radius 3 is 2.59 bits per heavy atom. The second kappa shape index (κ2) is 11.3. The largest absolute Gasteiger partial charge is 0.375 e. The van der Waals surface area contributed by atoms with E-state index in [0.717, 1.165) is 56.7 Å². The lowest BCUT2D eigenvalue weighted by Gasteiger charge is -2.15. The third kappa shape index (κ3) is 5.27. The lowest BCUT2D eigenvalue weighted by atomic mass is 9.95. The lowest BCUT2D eigenvalue weighted by Crippen LogP contribution is -2.10. The molecule has 5 aromatic rings. The van der Waals surface area contributed by atoms with Crippen LogP contribution in [0.5, 0.6) is 0 Å². The molecule has 1 unspecified atom stereocenters. The van der Waals surface area contributed by atoms with Crippen LogP contribution >= 0.6 is 0 Å². The summed E-state index contributed by atoms with van der Waals surface area (Å²) < 4.78 is 11.6. The molecule has 4 heterocycles. The number of fused-ring (bicyclic) bond motifs is 2. The predicted molar refractivity (Wildman–Crippen MR) is 166 cm³/mol. The van der Waals surface area contributed by atoms with Crippen LogP contribution in [0.25, 0.3) is 38.9 Å². The minimum atomic E-state index is -0.231. The topological polar surface area (TPSA) is 75.6 Å². The Bertz CT molecular complexity index is 1780. The normalized spacial score (nSPS) is 13.6. The first kappa shape index (κ1) is 28.2. The minimum absolute atomic E-state index is 0.229. The summed E-state index contributed by atoms with van der Waals surface area (Å²) in [5, 5.41) is 16.7. The van der Waals surface area contributed by atoms with Gasteiger partial charge in [-0.05, 0) is 31.9 Å². The third-order valence-electron chi connectivity index (χ3n) is 7.72. The van der Waals surface area contributed by atoms with Gasteiger partial charge >= 0.3 is 0 Å². The van der Waals surface area contributed by atoms with Crippen molar-refractivity contribution in [1.29, 1.82) is 0 Å². The average Bonchev–Trinajstić information content (AvgIpc) is 3.63. The molecule has 0 aliphatic carbocycles. The van der Waals surface area contributed by atoms with Crippen molar-refractivity contribution in [3.63, 3.8) is 0 Å². The van der Waals surface area contributed by atoms with Crippen molar-refractivity contribution >= 4 is 21.9 Å².